The molecule has 0 aliphatic heterocycles. The summed E-state index contributed by atoms with van der Waals surface area (Å²) in [6, 6.07) is 6.34. The molecule has 1 atom stereocenters. The van der Waals surface area contributed by atoms with Crippen molar-refractivity contribution in [1.82, 2.24) is 0 Å². The molecular formula is C15H25NO. The fraction of sp³-hybridized carbons (Fsp3) is 0.600. The monoisotopic (exact) mass is 235 g/mol. The van der Waals surface area contributed by atoms with Crippen LogP contribution in [-0.2, 0) is 0 Å². The van der Waals surface area contributed by atoms with Gasteiger partial charge in [0.1, 0.15) is 5.75 Å². The summed E-state index contributed by atoms with van der Waals surface area (Å²) >= 11 is 0. The quantitative estimate of drug-likeness (QED) is 0.813. The summed E-state index contributed by atoms with van der Waals surface area (Å²) in [7, 11) is 1.71. The van der Waals surface area contributed by atoms with E-state index < -0.39 is 0 Å². The van der Waals surface area contributed by atoms with Gasteiger partial charge in [-0.2, -0.15) is 0 Å². The van der Waals surface area contributed by atoms with Crippen molar-refractivity contribution in [2.75, 3.05) is 7.11 Å². The summed E-state index contributed by atoms with van der Waals surface area (Å²) in [5, 5.41) is 0. The molecule has 0 aliphatic carbocycles. The lowest BCUT2D eigenvalue weighted by Crippen LogP contribution is -2.16. The zero-order valence-electron chi connectivity index (χ0n) is 11.5. The fourth-order valence-electron chi connectivity index (χ4n) is 2.23. The molecule has 0 heterocycles. The Balaban J connectivity index is 2.84. The van der Waals surface area contributed by atoms with Crippen molar-refractivity contribution in [3.8, 4) is 5.75 Å². The third-order valence-corrected chi connectivity index (χ3v) is 3.53. The number of rotatable bonds is 6. The van der Waals surface area contributed by atoms with Crippen LogP contribution in [0.4, 0.5) is 0 Å². The summed E-state index contributed by atoms with van der Waals surface area (Å²) in [5.41, 5.74) is 8.63. The second kappa shape index (κ2) is 6.65. The first-order chi connectivity index (χ1) is 8.12. The standard InChI is InChI=1S/C15H25NO/c1-5-12(6-2)10-14(16)13-8-7-11(3)9-15(13)17-4/h7-9,12,14H,5-6,10,16H2,1-4H3. The predicted octanol–water partition coefficient (Wildman–Crippen LogP) is 3.83. The molecule has 0 saturated heterocycles. The number of nitrogens with two attached hydrogens (primary N) is 1. The van der Waals surface area contributed by atoms with Gasteiger partial charge in [-0.15, -0.1) is 0 Å². The van der Waals surface area contributed by atoms with Gasteiger partial charge in [-0.1, -0.05) is 38.8 Å². The van der Waals surface area contributed by atoms with Gasteiger partial charge in [0.05, 0.1) is 7.11 Å². The maximum Gasteiger partial charge on any atom is 0.123 e. The summed E-state index contributed by atoms with van der Waals surface area (Å²) in [6.07, 6.45) is 3.42. The second-order valence-electron chi connectivity index (χ2n) is 4.77. The third-order valence-electron chi connectivity index (χ3n) is 3.53. The van der Waals surface area contributed by atoms with Gasteiger partial charge in [0.2, 0.25) is 0 Å². The minimum atomic E-state index is 0.0791. The van der Waals surface area contributed by atoms with Crippen molar-refractivity contribution < 1.29 is 4.74 Å². The van der Waals surface area contributed by atoms with E-state index in [9.17, 15) is 0 Å². The molecule has 0 aromatic heterocycles. The predicted molar refractivity (Wildman–Crippen MR) is 73.3 cm³/mol. The Hall–Kier alpha value is -1.02. The summed E-state index contributed by atoms with van der Waals surface area (Å²) in [4.78, 5) is 0. The number of hydrogen-bond donors (Lipinski definition) is 1. The first-order valence-corrected chi connectivity index (χ1v) is 6.52. The molecule has 0 aliphatic rings. The fourth-order valence-corrected chi connectivity index (χ4v) is 2.23. The van der Waals surface area contributed by atoms with E-state index in [2.05, 4.69) is 39.0 Å². The molecule has 0 saturated carbocycles. The SMILES string of the molecule is CCC(CC)CC(N)c1ccc(C)cc1OC. The third kappa shape index (κ3) is 3.74. The smallest absolute Gasteiger partial charge is 0.123 e. The molecular weight excluding hydrogens is 210 g/mol. The largest absolute Gasteiger partial charge is 0.496 e. The van der Waals surface area contributed by atoms with Crippen LogP contribution in [0.1, 0.15) is 50.3 Å². The van der Waals surface area contributed by atoms with Gasteiger partial charge >= 0.3 is 0 Å². The van der Waals surface area contributed by atoms with E-state index in [1.807, 2.05) is 0 Å². The van der Waals surface area contributed by atoms with E-state index in [4.69, 9.17) is 10.5 Å². The van der Waals surface area contributed by atoms with Gasteiger partial charge in [0.15, 0.2) is 0 Å². The van der Waals surface area contributed by atoms with Crippen LogP contribution in [0.5, 0.6) is 5.75 Å². The Kier molecular flexibility index (Phi) is 5.49. The highest BCUT2D eigenvalue weighted by molar-refractivity contribution is 5.39. The van der Waals surface area contributed by atoms with E-state index >= 15 is 0 Å². The van der Waals surface area contributed by atoms with Gasteiger partial charge in [0.25, 0.3) is 0 Å². The second-order valence-corrected chi connectivity index (χ2v) is 4.77. The molecule has 2 nitrogen and oxygen atoms in total. The minimum absolute atomic E-state index is 0.0791. The van der Waals surface area contributed by atoms with Gasteiger partial charge in [-0.25, -0.2) is 0 Å². The molecule has 2 N–H and O–H groups in total. The van der Waals surface area contributed by atoms with Crippen LogP contribution in [0.25, 0.3) is 0 Å². The molecule has 0 spiro atoms. The average Bonchev–Trinajstić information content (AvgIpc) is 2.35. The van der Waals surface area contributed by atoms with Crippen LogP contribution in [0.2, 0.25) is 0 Å². The highest BCUT2D eigenvalue weighted by Crippen LogP contribution is 2.30. The highest BCUT2D eigenvalue weighted by atomic mass is 16.5. The number of ether oxygens (including phenoxy) is 1. The lowest BCUT2D eigenvalue weighted by atomic mass is 9.91. The van der Waals surface area contributed by atoms with Crippen molar-refractivity contribution in [1.29, 1.82) is 0 Å². The van der Waals surface area contributed by atoms with Crippen molar-refractivity contribution in [2.45, 2.75) is 46.1 Å². The molecule has 1 aromatic rings. The van der Waals surface area contributed by atoms with Crippen LogP contribution < -0.4 is 10.5 Å². The van der Waals surface area contributed by atoms with Crippen LogP contribution >= 0.6 is 0 Å². The van der Waals surface area contributed by atoms with Crippen LogP contribution in [0, 0.1) is 12.8 Å². The number of hydrogen-bond acceptors (Lipinski definition) is 2. The summed E-state index contributed by atoms with van der Waals surface area (Å²) in [6.45, 7) is 6.53. The number of aryl methyl sites for hydroxylation is 1. The van der Waals surface area contributed by atoms with Gasteiger partial charge in [-0.05, 0) is 30.9 Å². The normalized spacial score (nSPS) is 12.8. The zero-order chi connectivity index (χ0) is 12.8. The van der Waals surface area contributed by atoms with E-state index in [0.717, 1.165) is 17.7 Å². The maximum atomic E-state index is 6.29. The molecule has 2 heteroatoms. The Morgan fingerprint density at radius 2 is 1.88 bits per heavy atom. The van der Waals surface area contributed by atoms with Gasteiger partial charge < -0.3 is 10.5 Å². The van der Waals surface area contributed by atoms with E-state index in [0.29, 0.717) is 5.92 Å². The first-order valence-electron chi connectivity index (χ1n) is 6.52. The Morgan fingerprint density at radius 1 is 1.24 bits per heavy atom. The van der Waals surface area contributed by atoms with Gasteiger partial charge in [0, 0.05) is 11.6 Å². The summed E-state index contributed by atoms with van der Waals surface area (Å²) < 4.78 is 5.42. The number of methoxy groups -OCH3 is 1. The van der Waals surface area contributed by atoms with Crippen molar-refractivity contribution >= 4 is 0 Å². The molecule has 1 rings (SSSR count). The molecule has 17 heavy (non-hydrogen) atoms. The molecule has 96 valence electrons. The minimum Gasteiger partial charge on any atom is -0.496 e. The molecule has 1 aromatic carbocycles. The van der Waals surface area contributed by atoms with Crippen LogP contribution in [0.3, 0.4) is 0 Å². The molecule has 0 bridgehead atoms. The topological polar surface area (TPSA) is 35.2 Å². The maximum absolute atomic E-state index is 6.29. The number of benzene rings is 1. The van der Waals surface area contributed by atoms with Crippen molar-refractivity contribution in [2.24, 2.45) is 11.7 Å². The van der Waals surface area contributed by atoms with Crippen LogP contribution in [-0.4, -0.2) is 7.11 Å². The lowest BCUT2D eigenvalue weighted by molar-refractivity contribution is 0.383. The lowest BCUT2D eigenvalue weighted by Gasteiger charge is -2.20. The molecule has 1 unspecified atom stereocenters. The molecule has 0 amide bonds. The van der Waals surface area contributed by atoms with E-state index in [1.54, 1.807) is 7.11 Å². The van der Waals surface area contributed by atoms with Gasteiger partial charge in [-0.3, -0.25) is 0 Å². The Morgan fingerprint density at radius 3 is 2.41 bits per heavy atom. The highest BCUT2D eigenvalue weighted by Gasteiger charge is 2.15. The Bertz CT molecular complexity index is 345. The van der Waals surface area contributed by atoms with Crippen molar-refractivity contribution in [3.05, 3.63) is 29.3 Å². The van der Waals surface area contributed by atoms with Crippen molar-refractivity contribution in [3.63, 3.8) is 0 Å². The molecule has 0 radical (unpaired) electrons. The average molecular weight is 235 g/mol. The first kappa shape index (κ1) is 14.0. The molecule has 0 fully saturated rings. The van der Waals surface area contributed by atoms with Crippen LogP contribution in [0.15, 0.2) is 18.2 Å². The van der Waals surface area contributed by atoms with E-state index in [1.165, 1.54) is 18.4 Å². The van der Waals surface area contributed by atoms with E-state index in [-0.39, 0.29) is 6.04 Å². The summed E-state index contributed by atoms with van der Waals surface area (Å²) in [5.74, 6) is 1.62. The Labute approximate surface area is 105 Å². The zero-order valence-corrected chi connectivity index (χ0v) is 11.5.